The third-order valence-corrected chi connectivity index (χ3v) is 1.65. The average Bonchev–Trinajstić information content (AvgIpc) is 2.24. The number of hydrogen-bond donors (Lipinski definition) is 1. The first-order valence-corrected chi connectivity index (χ1v) is 4.33. The molecule has 0 bridgehead atoms. The molecule has 0 saturated carbocycles. The fraction of sp³-hybridized carbons (Fsp3) is 0.200. The van der Waals surface area contributed by atoms with Crippen LogP contribution in [0, 0.1) is 23.5 Å². The van der Waals surface area contributed by atoms with Crippen LogP contribution >= 0.6 is 0 Å². The molecular formula is C10H7F2N3O. The van der Waals surface area contributed by atoms with E-state index in [0.29, 0.717) is 6.07 Å². The monoisotopic (exact) mass is 223 g/mol. The predicted octanol–water partition coefficient (Wildman–Crippen LogP) is 2.72. The molecule has 0 saturated heterocycles. The Hall–Kier alpha value is -2.25. The third kappa shape index (κ3) is 3.15. The van der Waals surface area contributed by atoms with Gasteiger partial charge in [-0.05, 0) is 11.6 Å². The summed E-state index contributed by atoms with van der Waals surface area (Å²) in [5.74, 6) is 2.36. The molecule has 0 fully saturated rings. The van der Waals surface area contributed by atoms with E-state index in [1.54, 1.807) is 0 Å². The van der Waals surface area contributed by atoms with Crippen LogP contribution in [-0.2, 0) is 0 Å². The van der Waals surface area contributed by atoms with Gasteiger partial charge in [-0.2, -0.15) is 0 Å². The van der Waals surface area contributed by atoms with E-state index in [9.17, 15) is 13.9 Å². The lowest BCUT2D eigenvalue weighted by atomic mass is 10.2. The van der Waals surface area contributed by atoms with Gasteiger partial charge in [0.25, 0.3) is 0 Å². The molecule has 82 valence electrons. The van der Waals surface area contributed by atoms with E-state index in [-0.39, 0.29) is 18.5 Å². The Morgan fingerprint density at radius 1 is 1.44 bits per heavy atom. The van der Waals surface area contributed by atoms with Crippen molar-refractivity contribution in [3.63, 3.8) is 0 Å². The molecule has 0 aliphatic heterocycles. The molecular weight excluding hydrogens is 216 g/mol. The molecule has 1 aromatic carbocycles. The normalized spacial score (nSPS) is 8.88. The fourth-order valence-electron chi connectivity index (χ4n) is 0.970. The van der Waals surface area contributed by atoms with E-state index in [1.165, 1.54) is 0 Å². The van der Waals surface area contributed by atoms with Crippen LogP contribution in [0.3, 0.4) is 0 Å². The summed E-state index contributed by atoms with van der Waals surface area (Å²) in [5, 5.41) is 12.4. The van der Waals surface area contributed by atoms with Gasteiger partial charge in [-0.1, -0.05) is 17.0 Å². The van der Waals surface area contributed by atoms with Crippen LogP contribution in [0.2, 0.25) is 0 Å². The van der Waals surface area contributed by atoms with Crippen molar-refractivity contribution in [3.05, 3.63) is 39.8 Å². The number of hydrogen-bond acceptors (Lipinski definition) is 2. The molecule has 1 N–H and O–H groups in total. The lowest BCUT2D eigenvalue weighted by Gasteiger charge is -1.98. The quantitative estimate of drug-likeness (QED) is 0.270. The third-order valence-electron chi connectivity index (χ3n) is 1.65. The minimum atomic E-state index is -1.06. The Morgan fingerprint density at radius 3 is 2.88 bits per heavy atom. The van der Waals surface area contributed by atoms with Crippen LogP contribution in [0.25, 0.3) is 10.4 Å². The number of rotatable bonds is 2. The molecule has 16 heavy (non-hydrogen) atoms. The maximum Gasteiger partial charge on any atom is 0.169 e. The summed E-state index contributed by atoms with van der Waals surface area (Å²) in [6.07, 6.45) is 0.252. The average molecular weight is 223 g/mol. The SMILES string of the molecule is [N-]=[N+]=NCCC#Cc1cc(F)cc(F)c1O. The molecule has 0 aliphatic carbocycles. The van der Waals surface area contributed by atoms with Crippen LogP contribution in [0.4, 0.5) is 8.78 Å². The Bertz CT molecular complexity index is 499. The zero-order valence-electron chi connectivity index (χ0n) is 8.11. The first-order valence-electron chi connectivity index (χ1n) is 4.33. The van der Waals surface area contributed by atoms with Gasteiger partial charge in [0.2, 0.25) is 0 Å². The molecule has 0 aromatic heterocycles. The molecule has 0 aliphatic rings. The van der Waals surface area contributed by atoms with E-state index < -0.39 is 17.4 Å². The molecule has 0 spiro atoms. The molecule has 1 aromatic rings. The second-order valence-corrected chi connectivity index (χ2v) is 2.79. The number of phenolic OH excluding ortho intramolecular Hbond substituents is 1. The van der Waals surface area contributed by atoms with E-state index in [2.05, 4.69) is 21.9 Å². The summed E-state index contributed by atoms with van der Waals surface area (Å²) in [6, 6.07) is 1.50. The molecule has 0 atom stereocenters. The van der Waals surface area contributed by atoms with Crippen molar-refractivity contribution >= 4 is 0 Å². The molecule has 6 heteroatoms. The number of benzene rings is 1. The summed E-state index contributed by atoms with van der Waals surface area (Å²) in [7, 11) is 0. The predicted molar refractivity (Wildman–Crippen MR) is 53.5 cm³/mol. The van der Waals surface area contributed by atoms with Crippen LogP contribution in [0.15, 0.2) is 17.2 Å². The lowest BCUT2D eigenvalue weighted by molar-refractivity contribution is 0.426. The maximum atomic E-state index is 12.8. The summed E-state index contributed by atoms with van der Waals surface area (Å²) < 4.78 is 25.6. The van der Waals surface area contributed by atoms with Gasteiger partial charge in [0.05, 0.1) is 5.56 Å². The van der Waals surface area contributed by atoms with Gasteiger partial charge in [-0.15, -0.1) is 0 Å². The number of phenols is 1. The highest BCUT2D eigenvalue weighted by atomic mass is 19.1. The van der Waals surface area contributed by atoms with Gasteiger partial charge in [-0.25, -0.2) is 8.78 Å². The van der Waals surface area contributed by atoms with Crippen molar-refractivity contribution in [3.8, 4) is 17.6 Å². The topological polar surface area (TPSA) is 69.0 Å². The van der Waals surface area contributed by atoms with Gasteiger partial charge >= 0.3 is 0 Å². The van der Waals surface area contributed by atoms with Crippen molar-refractivity contribution in [2.75, 3.05) is 6.54 Å². The Kier molecular flexibility index (Phi) is 4.13. The number of halogens is 2. The van der Waals surface area contributed by atoms with Crippen molar-refractivity contribution in [1.82, 2.24) is 0 Å². The number of azide groups is 1. The Morgan fingerprint density at radius 2 is 2.19 bits per heavy atom. The minimum absolute atomic E-state index is 0.126. The summed E-state index contributed by atoms with van der Waals surface area (Å²) >= 11 is 0. The van der Waals surface area contributed by atoms with Crippen LogP contribution in [0.5, 0.6) is 5.75 Å². The second kappa shape index (κ2) is 5.59. The standard InChI is InChI=1S/C10H7F2N3O/c11-8-5-7(10(16)9(12)6-8)3-1-2-4-14-15-13/h5-6,16H,2,4H2. The summed E-state index contributed by atoms with van der Waals surface area (Å²) in [6.45, 7) is 0.169. The van der Waals surface area contributed by atoms with E-state index in [4.69, 9.17) is 5.53 Å². The highest BCUT2D eigenvalue weighted by Gasteiger charge is 2.07. The molecule has 0 radical (unpaired) electrons. The zero-order valence-corrected chi connectivity index (χ0v) is 8.11. The van der Waals surface area contributed by atoms with Crippen LogP contribution in [0.1, 0.15) is 12.0 Å². The van der Waals surface area contributed by atoms with Gasteiger partial charge in [-0.3, -0.25) is 0 Å². The molecule has 1 rings (SSSR count). The fourth-order valence-corrected chi connectivity index (χ4v) is 0.970. The van der Waals surface area contributed by atoms with Gasteiger partial charge < -0.3 is 5.11 Å². The van der Waals surface area contributed by atoms with Crippen LogP contribution in [-0.4, -0.2) is 11.7 Å². The van der Waals surface area contributed by atoms with E-state index in [1.807, 2.05) is 0 Å². The largest absolute Gasteiger partial charge is 0.504 e. The molecule has 0 amide bonds. The summed E-state index contributed by atoms with van der Waals surface area (Å²) in [5.41, 5.74) is 7.84. The smallest absolute Gasteiger partial charge is 0.169 e. The second-order valence-electron chi connectivity index (χ2n) is 2.79. The minimum Gasteiger partial charge on any atom is -0.504 e. The van der Waals surface area contributed by atoms with Gasteiger partial charge in [0.1, 0.15) is 5.82 Å². The van der Waals surface area contributed by atoms with Gasteiger partial charge in [0, 0.05) is 23.9 Å². The molecule has 4 nitrogen and oxygen atoms in total. The first-order chi connectivity index (χ1) is 7.65. The maximum absolute atomic E-state index is 12.8. The number of aromatic hydroxyl groups is 1. The highest BCUT2D eigenvalue weighted by Crippen LogP contribution is 2.21. The molecule has 0 heterocycles. The van der Waals surface area contributed by atoms with Crippen molar-refractivity contribution < 1.29 is 13.9 Å². The zero-order chi connectivity index (χ0) is 12.0. The summed E-state index contributed by atoms with van der Waals surface area (Å²) in [4.78, 5) is 2.51. The van der Waals surface area contributed by atoms with Crippen molar-refractivity contribution in [2.45, 2.75) is 6.42 Å². The number of nitrogens with zero attached hydrogens (tertiary/aromatic N) is 3. The van der Waals surface area contributed by atoms with E-state index in [0.717, 1.165) is 6.07 Å². The van der Waals surface area contributed by atoms with Gasteiger partial charge in [0.15, 0.2) is 11.6 Å². The van der Waals surface area contributed by atoms with Crippen molar-refractivity contribution in [2.24, 2.45) is 5.11 Å². The van der Waals surface area contributed by atoms with E-state index >= 15 is 0 Å². The first kappa shape index (κ1) is 11.8. The Balaban J connectivity index is 2.84. The van der Waals surface area contributed by atoms with Crippen LogP contribution < -0.4 is 0 Å². The molecule has 0 unspecified atom stereocenters. The van der Waals surface area contributed by atoms with Crippen molar-refractivity contribution in [1.29, 1.82) is 0 Å². The Labute approximate surface area is 90.1 Å². The lowest BCUT2D eigenvalue weighted by Crippen LogP contribution is -1.86. The highest BCUT2D eigenvalue weighted by molar-refractivity contribution is 5.46.